The quantitative estimate of drug-likeness (QED) is 0.919. The summed E-state index contributed by atoms with van der Waals surface area (Å²) in [7, 11) is 0. The lowest BCUT2D eigenvalue weighted by atomic mass is 10.1. The molecule has 0 unspecified atom stereocenters. The van der Waals surface area contributed by atoms with Crippen LogP contribution in [-0.2, 0) is 13.0 Å². The fourth-order valence-electron chi connectivity index (χ4n) is 1.74. The van der Waals surface area contributed by atoms with Gasteiger partial charge in [-0.05, 0) is 37.6 Å². The van der Waals surface area contributed by atoms with Gasteiger partial charge < -0.3 is 15.0 Å². The molecule has 0 saturated carbocycles. The highest BCUT2D eigenvalue weighted by molar-refractivity contribution is 6.35. The van der Waals surface area contributed by atoms with E-state index in [-0.39, 0.29) is 6.61 Å². The summed E-state index contributed by atoms with van der Waals surface area (Å²) in [4.78, 5) is 0. The minimum Gasteiger partial charge on any atom is -0.484 e. The SMILES string of the molecule is Cc1cc(COc2c(Cl)cc(Cl)cc2CCN)on1. The minimum absolute atomic E-state index is 0.264. The molecule has 0 radical (unpaired) electrons. The Morgan fingerprint density at radius 1 is 1.32 bits per heavy atom. The lowest BCUT2D eigenvalue weighted by molar-refractivity contribution is 0.247. The third-order valence-corrected chi connectivity index (χ3v) is 3.03. The van der Waals surface area contributed by atoms with Gasteiger partial charge in [-0.2, -0.15) is 0 Å². The molecule has 0 bridgehead atoms. The zero-order valence-electron chi connectivity index (χ0n) is 10.5. The zero-order valence-corrected chi connectivity index (χ0v) is 12.0. The van der Waals surface area contributed by atoms with Crippen molar-refractivity contribution in [3.8, 4) is 5.75 Å². The van der Waals surface area contributed by atoms with Crippen LogP contribution in [-0.4, -0.2) is 11.7 Å². The highest BCUT2D eigenvalue weighted by Gasteiger charge is 2.12. The smallest absolute Gasteiger partial charge is 0.174 e. The molecule has 1 aromatic heterocycles. The molecule has 1 heterocycles. The van der Waals surface area contributed by atoms with Gasteiger partial charge >= 0.3 is 0 Å². The van der Waals surface area contributed by atoms with Crippen molar-refractivity contribution in [2.24, 2.45) is 5.73 Å². The Bertz CT molecular complexity index is 570. The monoisotopic (exact) mass is 300 g/mol. The first-order valence-corrected chi connectivity index (χ1v) is 6.58. The van der Waals surface area contributed by atoms with Crippen LogP contribution < -0.4 is 10.5 Å². The van der Waals surface area contributed by atoms with Crippen LogP contribution in [0.1, 0.15) is 17.0 Å². The van der Waals surface area contributed by atoms with E-state index in [1.165, 1.54) is 0 Å². The Hall–Kier alpha value is -1.23. The van der Waals surface area contributed by atoms with E-state index in [4.69, 9.17) is 38.2 Å². The van der Waals surface area contributed by atoms with Gasteiger partial charge in [-0.3, -0.25) is 0 Å². The van der Waals surface area contributed by atoms with E-state index >= 15 is 0 Å². The van der Waals surface area contributed by atoms with Crippen molar-refractivity contribution in [3.63, 3.8) is 0 Å². The van der Waals surface area contributed by atoms with Crippen molar-refractivity contribution in [1.82, 2.24) is 5.16 Å². The molecule has 0 aliphatic rings. The summed E-state index contributed by atoms with van der Waals surface area (Å²) in [6.45, 7) is 2.61. The summed E-state index contributed by atoms with van der Waals surface area (Å²) in [6.07, 6.45) is 0.644. The van der Waals surface area contributed by atoms with Crippen LogP contribution in [0, 0.1) is 6.92 Å². The molecule has 0 fully saturated rings. The first kappa shape index (κ1) is 14.2. The Labute approximate surface area is 121 Å². The lowest BCUT2D eigenvalue weighted by Gasteiger charge is -2.12. The Morgan fingerprint density at radius 3 is 2.74 bits per heavy atom. The number of aryl methyl sites for hydroxylation is 1. The van der Waals surface area contributed by atoms with Crippen molar-refractivity contribution >= 4 is 23.2 Å². The van der Waals surface area contributed by atoms with Gasteiger partial charge in [0.2, 0.25) is 0 Å². The molecule has 0 aliphatic heterocycles. The molecule has 102 valence electrons. The topological polar surface area (TPSA) is 61.3 Å². The minimum atomic E-state index is 0.264. The second-order valence-electron chi connectivity index (χ2n) is 4.14. The molecule has 0 spiro atoms. The molecule has 0 atom stereocenters. The zero-order chi connectivity index (χ0) is 13.8. The molecule has 2 N–H and O–H groups in total. The molecule has 4 nitrogen and oxygen atoms in total. The van der Waals surface area contributed by atoms with Crippen LogP contribution in [0.2, 0.25) is 10.0 Å². The largest absolute Gasteiger partial charge is 0.484 e. The number of halogens is 2. The second-order valence-corrected chi connectivity index (χ2v) is 4.98. The summed E-state index contributed by atoms with van der Waals surface area (Å²) in [5.74, 6) is 1.23. The summed E-state index contributed by atoms with van der Waals surface area (Å²) < 4.78 is 10.8. The van der Waals surface area contributed by atoms with E-state index in [2.05, 4.69) is 5.16 Å². The standard InChI is InChI=1S/C13H14Cl2N2O2/c1-8-4-11(19-17-8)7-18-13-9(2-3-16)5-10(14)6-12(13)15/h4-6H,2-3,7,16H2,1H3. The van der Waals surface area contributed by atoms with Gasteiger partial charge in [-0.1, -0.05) is 28.4 Å². The normalized spacial score (nSPS) is 10.7. The molecule has 2 rings (SSSR count). The maximum absolute atomic E-state index is 6.15. The molecule has 2 aromatic rings. The van der Waals surface area contributed by atoms with Gasteiger partial charge in [0.15, 0.2) is 5.76 Å². The van der Waals surface area contributed by atoms with Gasteiger partial charge in [-0.25, -0.2) is 0 Å². The van der Waals surface area contributed by atoms with Gasteiger partial charge in [-0.15, -0.1) is 0 Å². The third-order valence-electron chi connectivity index (χ3n) is 2.53. The summed E-state index contributed by atoms with van der Waals surface area (Å²) >= 11 is 12.1. The second kappa shape index (κ2) is 6.28. The van der Waals surface area contributed by atoms with Crippen LogP contribution in [0.25, 0.3) is 0 Å². The number of nitrogens with two attached hydrogens (primary N) is 1. The molecule has 1 aromatic carbocycles. The van der Waals surface area contributed by atoms with Crippen LogP contribution in [0.15, 0.2) is 22.7 Å². The number of hydrogen-bond donors (Lipinski definition) is 1. The van der Waals surface area contributed by atoms with Crippen LogP contribution in [0.4, 0.5) is 0 Å². The molecule has 6 heteroatoms. The molecule has 19 heavy (non-hydrogen) atoms. The van der Waals surface area contributed by atoms with Crippen molar-refractivity contribution in [3.05, 3.63) is 45.3 Å². The van der Waals surface area contributed by atoms with Gasteiger partial charge in [0.1, 0.15) is 12.4 Å². The number of benzene rings is 1. The van der Waals surface area contributed by atoms with Crippen LogP contribution >= 0.6 is 23.2 Å². The van der Waals surface area contributed by atoms with E-state index < -0.39 is 0 Å². The van der Waals surface area contributed by atoms with Gasteiger partial charge in [0.25, 0.3) is 0 Å². The van der Waals surface area contributed by atoms with Crippen molar-refractivity contribution in [2.75, 3.05) is 6.54 Å². The molecule has 0 saturated heterocycles. The van der Waals surface area contributed by atoms with Crippen molar-refractivity contribution in [1.29, 1.82) is 0 Å². The number of rotatable bonds is 5. The fourth-order valence-corrected chi connectivity index (χ4v) is 2.33. The van der Waals surface area contributed by atoms with E-state index in [1.807, 2.05) is 13.0 Å². The molecule has 0 aliphatic carbocycles. The maximum Gasteiger partial charge on any atom is 0.174 e. The summed E-state index contributed by atoms with van der Waals surface area (Å²) in [5, 5.41) is 4.83. The Balaban J connectivity index is 2.18. The number of hydrogen-bond acceptors (Lipinski definition) is 4. The summed E-state index contributed by atoms with van der Waals surface area (Å²) in [6, 6.07) is 5.26. The predicted molar refractivity (Wildman–Crippen MR) is 74.8 cm³/mol. The average Bonchev–Trinajstić information content (AvgIpc) is 2.74. The number of nitrogens with zero attached hydrogens (tertiary/aromatic N) is 1. The van der Waals surface area contributed by atoms with Crippen molar-refractivity contribution in [2.45, 2.75) is 20.0 Å². The molecule has 0 amide bonds. The number of aromatic nitrogens is 1. The van der Waals surface area contributed by atoms with E-state index in [1.54, 1.807) is 12.1 Å². The van der Waals surface area contributed by atoms with Gasteiger partial charge in [0, 0.05) is 11.1 Å². The van der Waals surface area contributed by atoms with Gasteiger partial charge in [0.05, 0.1) is 10.7 Å². The molecular formula is C13H14Cl2N2O2. The highest BCUT2D eigenvalue weighted by atomic mass is 35.5. The predicted octanol–water partition coefficient (Wildman–Crippen LogP) is 3.37. The van der Waals surface area contributed by atoms with Crippen molar-refractivity contribution < 1.29 is 9.26 Å². The van der Waals surface area contributed by atoms with E-state index in [0.29, 0.717) is 34.5 Å². The average molecular weight is 301 g/mol. The summed E-state index contributed by atoms with van der Waals surface area (Å²) in [5.41, 5.74) is 7.26. The fraction of sp³-hybridized carbons (Fsp3) is 0.308. The molecular weight excluding hydrogens is 287 g/mol. The Morgan fingerprint density at radius 2 is 2.11 bits per heavy atom. The number of ether oxygens (including phenoxy) is 1. The van der Waals surface area contributed by atoms with Crippen LogP contribution in [0.3, 0.4) is 0 Å². The lowest BCUT2D eigenvalue weighted by Crippen LogP contribution is -2.06. The third kappa shape index (κ3) is 3.62. The van der Waals surface area contributed by atoms with Crippen LogP contribution in [0.5, 0.6) is 5.75 Å². The first-order valence-electron chi connectivity index (χ1n) is 5.83. The van der Waals surface area contributed by atoms with E-state index in [9.17, 15) is 0 Å². The first-order chi connectivity index (χ1) is 9.10. The maximum atomic E-state index is 6.15. The highest BCUT2D eigenvalue weighted by Crippen LogP contribution is 2.33. The van der Waals surface area contributed by atoms with E-state index in [0.717, 1.165) is 11.3 Å². The Kier molecular flexibility index (Phi) is 4.69.